The molecule has 6 heteroatoms. The van der Waals surface area contributed by atoms with E-state index in [2.05, 4.69) is 169 Å². The zero-order valence-electron chi connectivity index (χ0n) is 27.7. The van der Waals surface area contributed by atoms with E-state index < -0.39 is 0 Å². The topological polar surface area (TPSA) is 24.9 Å². The van der Waals surface area contributed by atoms with Crippen molar-refractivity contribution in [3.63, 3.8) is 0 Å². The smallest absolute Gasteiger partial charge is 0.256 e. The molecule has 0 aromatic heterocycles. The largest absolute Gasteiger partial charge is 0.458 e. The van der Waals surface area contributed by atoms with Gasteiger partial charge in [0, 0.05) is 34.1 Å². The molecule has 0 N–H and O–H groups in total. The van der Waals surface area contributed by atoms with E-state index >= 15 is 0 Å². The van der Waals surface area contributed by atoms with E-state index in [0.717, 1.165) is 45.7 Å². The van der Waals surface area contributed by atoms with Crippen LogP contribution in [0.3, 0.4) is 0 Å². The highest BCUT2D eigenvalue weighted by Crippen LogP contribution is 2.46. The molecule has 0 bridgehead atoms. The summed E-state index contributed by atoms with van der Waals surface area (Å²) in [5.74, 6) is 3.70. The summed E-state index contributed by atoms with van der Waals surface area (Å²) in [6.45, 7) is 4.34. The second kappa shape index (κ2) is 10.2. The summed E-state index contributed by atoms with van der Waals surface area (Å²) in [6.07, 6.45) is 0. The van der Waals surface area contributed by atoms with Crippen molar-refractivity contribution in [3.8, 4) is 23.0 Å². The van der Waals surface area contributed by atoms with Gasteiger partial charge in [-0.25, -0.2) is 0 Å². The second-order valence-electron chi connectivity index (χ2n) is 13.8. The van der Waals surface area contributed by atoms with Gasteiger partial charge in [0.2, 0.25) is 0 Å². The Kier molecular flexibility index (Phi) is 5.66. The number of anilines is 6. The molecule has 234 valence electrons. The molecule has 0 fully saturated rings. The highest BCUT2D eigenvalue weighted by molar-refractivity contribution is 7.02. The van der Waals surface area contributed by atoms with E-state index in [9.17, 15) is 0 Å². The van der Waals surface area contributed by atoms with Crippen molar-refractivity contribution >= 4 is 80.3 Å². The van der Waals surface area contributed by atoms with Gasteiger partial charge in [0.05, 0.1) is 0 Å². The Labute approximate surface area is 292 Å². The van der Waals surface area contributed by atoms with Gasteiger partial charge in [0.25, 0.3) is 13.4 Å². The van der Waals surface area contributed by atoms with Gasteiger partial charge in [-0.05, 0) is 124 Å². The molecule has 11 rings (SSSR count). The van der Waals surface area contributed by atoms with Gasteiger partial charge < -0.3 is 19.3 Å². The lowest BCUT2D eigenvalue weighted by atomic mass is 9.31. The molecule has 0 saturated heterocycles. The van der Waals surface area contributed by atoms with Crippen molar-refractivity contribution in [3.05, 3.63) is 157 Å². The van der Waals surface area contributed by atoms with Crippen LogP contribution in [0.1, 0.15) is 11.1 Å². The first-order valence-electron chi connectivity index (χ1n) is 17.3. The first kappa shape index (κ1) is 27.8. The number of ether oxygens (including phenoxy) is 2. The summed E-state index contributed by atoms with van der Waals surface area (Å²) < 4.78 is 13.4. The van der Waals surface area contributed by atoms with Crippen LogP contribution in [0.15, 0.2) is 146 Å². The molecule has 7 aromatic rings. The predicted octanol–water partition coefficient (Wildman–Crippen LogP) is 7.11. The third-order valence-corrected chi connectivity index (χ3v) is 10.8. The van der Waals surface area contributed by atoms with E-state index in [1.165, 1.54) is 55.3 Å². The van der Waals surface area contributed by atoms with Crippen LogP contribution in [0.2, 0.25) is 0 Å². The number of aryl methyl sites for hydroxylation is 2. The molecule has 0 saturated carbocycles. The number of para-hydroxylation sites is 4. The van der Waals surface area contributed by atoms with Crippen molar-refractivity contribution in [1.29, 1.82) is 0 Å². The summed E-state index contributed by atoms with van der Waals surface area (Å²) in [4.78, 5) is 4.90. The quantitative estimate of drug-likeness (QED) is 0.188. The Bertz CT molecular complexity index is 2380. The molecule has 0 atom stereocenters. The van der Waals surface area contributed by atoms with Crippen LogP contribution in [-0.2, 0) is 0 Å². The van der Waals surface area contributed by atoms with Crippen molar-refractivity contribution in [2.75, 3.05) is 9.80 Å². The molecule has 7 aromatic carbocycles. The lowest BCUT2D eigenvalue weighted by molar-refractivity contribution is 0.487. The summed E-state index contributed by atoms with van der Waals surface area (Å²) in [5, 5.41) is 0. The van der Waals surface area contributed by atoms with Gasteiger partial charge in [-0.3, -0.25) is 0 Å². The maximum Gasteiger partial charge on any atom is 0.256 e. The minimum atomic E-state index is 0.00459. The van der Waals surface area contributed by atoms with Gasteiger partial charge >= 0.3 is 0 Å². The monoisotopic (exact) mass is 640 g/mol. The maximum absolute atomic E-state index is 6.71. The molecular formula is C44H30B2N2O2. The average Bonchev–Trinajstić information content (AvgIpc) is 3.14. The van der Waals surface area contributed by atoms with E-state index in [1.807, 2.05) is 0 Å². The molecule has 0 aliphatic carbocycles. The molecule has 4 nitrogen and oxygen atoms in total. The van der Waals surface area contributed by atoms with Crippen LogP contribution in [0, 0.1) is 13.8 Å². The van der Waals surface area contributed by atoms with Gasteiger partial charge in [-0.1, -0.05) is 78.9 Å². The second-order valence-corrected chi connectivity index (χ2v) is 13.8. The molecule has 0 unspecified atom stereocenters. The summed E-state index contributed by atoms with van der Waals surface area (Å²) in [5.41, 5.74) is 16.6. The number of fused-ring (bicyclic) bond motifs is 8. The van der Waals surface area contributed by atoms with Crippen LogP contribution in [0.4, 0.5) is 34.1 Å². The van der Waals surface area contributed by atoms with Crippen molar-refractivity contribution < 1.29 is 9.47 Å². The van der Waals surface area contributed by atoms with Gasteiger partial charge in [0.15, 0.2) is 0 Å². The third kappa shape index (κ3) is 3.79. The number of benzene rings is 7. The minimum absolute atomic E-state index is 0.00459. The zero-order chi connectivity index (χ0) is 33.1. The Hall–Kier alpha value is -6.13. The highest BCUT2D eigenvalue weighted by atomic mass is 16.5. The molecule has 4 aliphatic heterocycles. The number of hydrogen-bond acceptors (Lipinski definition) is 4. The van der Waals surface area contributed by atoms with Crippen LogP contribution >= 0.6 is 0 Å². The SMILES string of the molecule is Cc1cc2c3c(c1)N(c1ccccc1)c1cc4c(cc1B3c1ccccc1O2)B1c2ccccc2Oc2cc(C)cc(c21)N4c1ccccc1. The summed E-state index contributed by atoms with van der Waals surface area (Å²) >= 11 is 0. The fourth-order valence-corrected chi connectivity index (χ4v) is 8.86. The van der Waals surface area contributed by atoms with Crippen molar-refractivity contribution in [2.24, 2.45) is 0 Å². The first-order chi connectivity index (χ1) is 24.6. The Morgan fingerprint density at radius 2 is 0.800 bits per heavy atom. The van der Waals surface area contributed by atoms with Crippen LogP contribution in [-0.4, -0.2) is 13.4 Å². The molecule has 50 heavy (non-hydrogen) atoms. The van der Waals surface area contributed by atoms with E-state index in [1.54, 1.807) is 0 Å². The molecule has 4 aliphatic rings. The fraction of sp³-hybridized carbons (Fsp3) is 0.0455. The fourth-order valence-electron chi connectivity index (χ4n) is 8.86. The Balaban J connectivity index is 1.28. The first-order valence-corrected chi connectivity index (χ1v) is 17.3. The van der Waals surface area contributed by atoms with E-state index in [-0.39, 0.29) is 13.4 Å². The van der Waals surface area contributed by atoms with Crippen molar-refractivity contribution in [1.82, 2.24) is 0 Å². The molecule has 0 radical (unpaired) electrons. The zero-order valence-corrected chi connectivity index (χ0v) is 27.7. The van der Waals surface area contributed by atoms with Gasteiger partial charge in [-0.2, -0.15) is 0 Å². The maximum atomic E-state index is 6.71. The van der Waals surface area contributed by atoms with E-state index in [4.69, 9.17) is 9.47 Å². The molecular weight excluding hydrogens is 610 g/mol. The number of nitrogens with zero attached hydrogens (tertiary/aromatic N) is 2. The normalized spacial score (nSPS) is 14.0. The lowest BCUT2D eigenvalue weighted by Gasteiger charge is -2.44. The molecule has 0 spiro atoms. The Morgan fingerprint density at radius 1 is 0.380 bits per heavy atom. The van der Waals surface area contributed by atoms with E-state index in [0.29, 0.717) is 0 Å². The number of rotatable bonds is 2. The van der Waals surface area contributed by atoms with Crippen LogP contribution in [0.5, 0.6) is 23.0 Å². The molecule has 0 amide bonds. The van der Waals surface area contributed by atoms with Crippen LogP contribution in [0.25, 0.3) is 0 Å². The minimum Gasteiger partial charge on any atom is -0.458 e. The standard InChI is InChI=1S/C44H30B2N2O2/c1-27-21-37-43-41(23-27)49-39-19-11-9-17-31(39)45(43)33-25-34-36(26-35(33)47(37)29-13-5-3-6-14-29)48(30-15-7-4-8-16-30)38-22-28(2)24-42-44(38)46(34)32-18-10-12-20-40(32)50-42/h3-26H,1-2H3. The average molecular weight is 640 g/mol. The third-order valence-electron chi connectivity index (χ3n) is 10.8. The lowest BCUT2D eigenvalue weighted by Crippen LogP contribution is -2.63. The molecule has 4 heterocycles. The summed E-state index contributed by atoms with van der Waals surface area (Å²) in [7, 11) is 0. The Morgan fingerprint density at radius 3 is 1.26 bits per heavy atom. The van der Waals surface area contributed by atoms with Gasteiger partial charge in [-0.15, -0.1) is 0 Å². The summed E-state index contributed by atoms with van der Waals surface area (Å²) in [6, 6.07) is 52.7. The predicted molar refractivity (Wildman–Crippen MR) is 208 cm³/mol. The van der Waals surface area contributed by atoms with Crippen LogP contribution < -0.4 is 52.1 Å². The highest BCUT2D eigenvalue weighted by Gasteiger charge is 2.46. The number of hydrogen-bond donors (Lipinski definition) is 0. The van der Waals surface area contributed by atoms with Gasteiger partial charge in [0.1, 0.15) is 23.0 Å². The van der Waals surface area contributed by atoms with Crippen molar-refractivity contribution in [2.45, 2.75) is 13.8 Å².